The van der Waals surface area contributed by atoms with E-state index >= 15 is 0 Å². The Morgan fingerprint density at radius 1 is 0.815 bits per heavy atom. The lowest BCUT2D eigenvalue weighted by Gasteiger charge is -2.37. The van der Waals surface area contributed by atoms with Gasteiger partial charge >= 0.3 is 0 Å². The van der Waals surface area contributed by atoms with E-state index in [1.165, 1.54) is 13.3 Å². The van der Waals surface area contributed by atoms with Crippen LogP contribution in [0.4, 0.5) is 17.1 Å². The molecular weight excluding hydrogens is 821 g/mol. The van der Waals surface area contributed by atoms with Crippen LogP contribution < -0.4 is 24.4 Å². The van der Waals surface area contributed by atoms with Crippen LogP contribution in [-0.4, -0.2) is 92.6 Å². The summed E-state index contributed by atoms with van der Waals surface area (Å²) >= 11 is 38.6. The van der Waals surface area contributed by atoms with E-state index in [1.807, 2.05) is 4.90 Å². The number of amides is 2. The Morgan fingerprint density at radius 3 is 2.19 bits per heavy atom. The van der Waals surface area contributed by atoms with Gasteiger partial charge in [-0.3, -0.25) is 24.4 Å². The molecule has 3 aromatic carbocycles. The lowest BCUT2D eigenvalue weighted by molar-refractivity contribution is 0.0652. The van der Waals surface area contributed by atoms with Crippen molar-refractivity contribution in [3.63, 3.8) is 0 Å². The molecule has 54 heavy (non-hydrogen) atoms. The number of unbranched alkanes of at least 4 members (excludes halogenated alkanes) is 1. The van der Waals surface area contributed by atoms with E-state index in [1.54, 1.807) is 31.4 Å². The molecule has 0 atom stereocenters. The summed E-state index contributed by atoms with van der Waals surface area (Å²) in [5.74, 6) is 0.863. The first-order chi connectivity index (χ1) is 26.0. The zero-order valence-electron chi connectivity index (χ0n) is 29.2. The van der Waals surface area contributed by atoms with Crippen molar-refractivity contribution in [2.75, 3.05) is 76.2 Å². The molecule has 1 N–H and O–H groups in total. The summed E-state index contributed by atoms with van der Waals surface area (Å²) in [5, 5.41) is 14.8. The summed E-state index contributed by atoms with van der Waals surface area (Å²) in [6, 6.07) is 8.94. The maximum Gasteiger partial charge on any atom is 0.263 e. The summed E-state index contributed by atoms with van der Waals surface area (Å²) in [6.45, 7) is 3.94. The van der Waals surface area contributed by atoms with Crippen molar-refractivity contribution in [1.29, 1.82) is 5.26 Å². The molecule has 1 fully saturated rings. The minimum Gasteiger partial charge on any atom is -0.495 e. The highest BCUT2D eigenvalue weighted by molar-refractivity contribution is 6.51. The largest absolute Gasteiger partial charge is 0.495 e. The number of nitriles is 1. The quantitative estimate of drug-likeness (QED) is 0.0569. The summed E-state index contributed by atoms with van der Waals surface area (Å²) in [4.78, 5) is 36.3. The third kappa shape index (κ3) is 7.89. The third-order valence-corrected chi connectivity index (χ3v) is 11.4. The van der Waals surface area contributed by atoms with Crippen LogP contribution in [0.15, 0.2) is 30.5 Å². The zero-order chi connectivity index (χ0) is 38.7. The molecule has 284 valence electrons. The second-order valence-corrected chi connectivity index (χ2v) is 14.8. The number of pyridine rings is 1. The number of ether oxygens (including phenoxy) is 3. The number of aromatic nitrogens is 1. The number of nitrogens with one attached hydrogen (secondary N) is 1. The molecule has 1 saturated heterocycles. The van der Waals surface area contributed by atoms with Gasteiger partial charge in [0.1, 0.15) is 11.8 Å². The van der Waals surface area contributed by atoms with Gasteiger partial charge in [-0.1, -0.05) is 58.0 Å². The Labute approximate surface area is 342 Å². The fraction of sp³-hybridized carbons (Fsp3) is 0.351. The molecule has 0 bridgehead atoms. The standard InChI is InChI=1S/C37H34Cl6N6O5/c1-52-26-17-25(22(39)15-23(26)40)46-34-20(18-44)19-45-24-16-28(27(53-2)14-21(24)34)54-13-5-7-47-9-11-48(12-10-47)35-32(42)30-29(31(41)33(35)43)36(50)49(37(30)51)8-4-3-6-38/h14-17,19H,3-13H2,1-2H3,(H,45,46). The van der Waals surface area contributed by atoms with Crippen LogP contribution in [0, 0.1) is 11.3 Å². The van der Waals surface area contributed by atoms with Crippen LogP contribution in [0.1, 0.15) is 45.5 Å². The predicted molar refractivity (Wildman–Crippen MR) is 215 cm³/mol. The number of carbonyl (C=O) groups is 2. The van der Waals surface area contributed by atoms with Gasteiger partial charge in [0, 0.05) is 68.9 Å². The van der Waals surface area contributed by atoms with Gasteiger partial charge in [0.15, 0.2) is 11.5 Å². The van der Waals surface area contributed by atoms with Gasteiger partial charge < -0.3 is 24.4 Å². The Kier molecular flexibility index (Phi) is 13.0. The summed E-state index contributed by atoms with van der Waals surface area (Å²) in [6.07, 6.45) is 3.44. The van der Waals surface area contributed by atoms with Gasteiger partial charge in [0.2, 0.25) is 0 Å². The number of carbonyl (C=O) groups excluding carboxylic acids is 2. The molecule has 1 aromatic heterocycles. The number of piperazine rings is 1. The number of imide groups is 1. The number of fused-ring (bicyclic) bond motifs is 2. The summed E-state index contributed by atoms with van der Waals surface area (Å²) in [5.41, 5.74) is 2.48. The van der Waals surface area contributed by atoms with Gasteiger partial charge in [-0.05, 0) is 31.4 Å². The first-order valence-electron chi connectivity index (χ1n) is 17.0. The Balaban J connectivity index is 1.09. The average molecular weight is 855 g/mol. The number of hydrogen-bond donors (Lipinski definition) is 1. The molecule has 0 unspecified atom stereocenters. The molecular formula is C37H34Cl6N6O5. The Hall–Kier alpha value is -3.60. The fourth-order valence-electron chi connectivity index (χ4n) is 6.53. The van der Waals surface area contributed by atoms with Crippen LogP contribution in [0.25, 0.3) is 10.9 Å². The molecule has 4 aromatic rings. The number of anilines is 3. The smallest absolute Gasteiger partial charge is 0.263 e. The second-order valence-electron chi connectivity index (χ2n) is 12.5. The highest BCUT2D eigenvalue weighted by Gasteiger charge is 2.42. The van der Waals surface area contributed by atoms with E-state index in [2.05, 4.69) is 21.3 Å². The average Bonchev–Trinajstić information content (AvgIpc) is 3.42. The molecule has 0 aliphatic carbocycles. The zero-order valence-corrected chi connectivity index (χ0v) is 33.7. The maximum absolute atomic E-state index is 13.3. The number of halogens is 6. The molecule has 6 rings (SSSR count). The fourth-order valence-corrected chi connectivity index (χ4v) is 8.24. The van der Waals surface area contributed by atoms with Gasteiger partial charge in [0.05, 0.1) is 85.2 Å². The number of alkyl halides is 1. The maximum atomic E-state index is 13.3. The lowest BCUT2D eigenvalue weighted by atomic mass is 10.1. The monoisotopic (exact) mass is 852 g/mol. The molecule has 0 radical (unpaired) electrons. The Morgan fingerprint density at radius 2 is 1.52 bits per heavy atom. The van der Waals surface area contributed by atoms with Gasteiger partial charge in [0.25, 0.3) is 11.8 Å². The normalized spacial score (nSPS) is 14.4. The van der Waals surface area contributed by atoms with E-state index in [-0.39, 0.29) is 32.7 Å². The summed E-state index contributed by atoms with van der Waals surface area (Å²) < 4.78 is 17.2. The number of methoxy groups -OCH3 is 2. The van der Waals surface area contributed by atoms with Gasteiger partial charge in [-0.15, -0.1) is 11.6 Å². The van der Waals surface area contributed by atoms with Crippen LogP contribution in [-0.2, 0) is 0 Å². The van der Waals surface area contributed by atoms with Crippen molar-refractivity contribution >= 4 is 109 Å². The van der Waals surface area contributed by atoms with Crippen LogP contribution in [0.3, 0.4) is 0 Å². The van der Waals surface area contributed by atoms with Crippen molar-refractivity contribution in [3.05, 3.63) is 72.3 Å². The van der Waals surface area contributed by atoms with E-state index in [0.29, 0.717) is 119 Å². The minimum atomic E-state index is -0.495. The molecule has 2 amide bonds. The Bertz CT molecular complexity index is 2160. The predicted octanol–water partition coefficient (Wildman–Crippen LogP) is 9.34. The van der Waals surface area contributed by atoms with Crippen molar-refractivity contribution in [1.82, 2.24) is 14.8 Å². The van der Waals surface area contributed by atoms with E-state index in [9.17, 15) is 14.9 Å². The van der Waals surface area contributed by atoms with Crippen molar-refractivity contribution in [2.45, 2.75) is 19.3 Å². The van der Waals surface area contributed by atoms with Crippen LogP contribution in [0.2, 0.25) is 25.1 Å². The number of benzene rings is 3. The number of nitrogens with zero attached hydrogens (tertiary/aromatic N) is 5. The molecule has 2 aliphatic heterocycles. The van der Waals surface area contributed by atoms with E-state index < -0.39 is 11.8 Å². The van der Waals surface area contributed by atoms with Crippen molar-refractivity contribution < 1.29 is 23.8 Å². The van der Waals surface area contributed by atoms with Crippen LogP contribution >= 0.6 is 69.6 Å². The molecule has 11 nitrogen and oxygen atoms in total. The first kappa shape index (κ1) is 40.1. The van der Waals surface area contributed by atoms with Crippen molar-refractivity contribution in [3.8, 4) is 23.3 Å². The molecule has 17 heteroatoms. The van der Waals surface area contributed by atoms with Crippen molar-refractivity contribution in [2.24, 2.45) is 0 Å². The highest BCUT2D eigenvalue weighted by Crippen LogP contribution is 2.47. The number of rotatable bonds is 14. The number of hydrogen-bond acceptors (Lipinski definition) is 10. The summed E-state index contributed by atoms with van der Waals surface area (Å²) in [7, 11) is 3.05. The highest BCUT2D eigenvalue weighted by atomic mass is 35.5. The first-order valence-corrected chi connectivity index (χ1v) is 19.4. The lowest BCUT2D eigenvalue weighted by Crippen LogP contribution is -2.47. The topological polar surface area (TPSA) is 120 Å². The van der Waals surface area contributed by atoms with Gasteiger partial charge in [-0.2, -0.15) is 5.26 Å². The minimum absolute atomic E-state index is 0.0350. The molecule has 2 aliphatic rings. The van der Waals surface area contributed by atoms with Gasteiger partial charge in [-0.25, -0.2) is 0 Å². The SMILES string of the molecule is COc1cc(Nc2c(C#N)cnc3cc(OCCCN4CCN(c5c(Cl)c(Cl)c6c(c5Cl)C(=O)N(CCCCCl)C6=O)CC4)c(OC)cc23)c(Cl)cc1Cl. The molecule has 0 saturated carbocycles. The van der Waals surface area contributed by atoms with E-state index in [0.717, 1.165) is 11.4 Å². The third-order valence-electron chi connectivity index (χ3n) is 9.32. The van der Waals surface area contributed by atoms with Crippen LogP contribution in [0.5, 0.6) is 17.2 Å². The molecule has 0 spiro atoms. The van der Waals surface area contributed by atoms with E-state index in [4.69, 9.17) is 83.8 Å². The second kappa shape index (κ2) is 17.5. The molecule has 3 heterocycles.